The third-order valence-corrected chi connectivity index (χ3v) is 3.45. The number of aliphatic hydroxyl groups excluding tert-OH is 1. The van der Waals surface area contributed by atoms with E-state index >= 15 is 0 Å². The zero-order chi connectivity index (χ0) is 9.97. The first-order valence-electron chi connectivity index (χ1n) is 4.92. The van der Waals surface area contributed by atoms with E-state index in [1.54, 1.807) is 11.9 Å². The van der Waals surface area contributed by atoms with E-state index in [-0.39, 0.29) is 6.10 Å². The second-order valence-corrected chi connectivity index (χ2v) is 4.91. The summed E-state index contributed by atoms with van der Waals surface area (Å²) in [6.07, 6.45) is 0.770. The van der Waals surface area contributed by atoms with Gasteiger partial charge in [0, 0.05) is 18.0 Å². The van der Waals surface area contributed by atoms with Gasteiger partial charge in [-0.1, -0.05) is 17.7 Å². The Morgan fingerprint density at radius 1 is 1.36 bits per heavy atom. The van der Waals surface area contributed by atoms with Crippen molar-refractivity contribution in [2.24, 2.45) is 0 Å². The first-order chi connectivity index (χ1) is 6.74. The highest BCUT2D eigenvalue weighted by molar-refractivity contribution is 7.97. The molecule has 0 unspecified atom stereocenters. The lowest BCUT2D eigenvalue weighted by Crippen LogP contribution is -2.13. The lowest BCUT2D eigenvalue weighted by atomic mass is 10.2. The molecule has 1 N–H and O–H groups in total. The molecule has 1 aliphatic rings. The van der Waals surface area contributed by atoms with E-state index in [4.69, 9.17) is 0 Å². The van der Waals surface area contributed by atoms with Crippen LogP contribution >= 0.6 is 11.9 Å². The molecule has 0 aromatic heterocycles. The summed E-state index contributed by atoms with van der Waals surface area (Å²) in [6, 6.07) is 8.50. The monoisotopic (exact) mass is 209 g/mol. The maximum Gasteiger partial charge on any atom is 0.0689 e. The quantitative estimate of drug-likeness (QED) is 0.754. The van der Waals surface area contributed by atoms with E-state index in [1.165, 1.54) is 10.5 Å². The van der Waals surface area contributed by atoms with E-state index in [9.17, 15) is 5.11 Å². The van der Waals surface area contributed by atoms with Gasteiger partial charge in [-0.15, -0.1) is 0 Å². The molecule has 1 aliphatic heterocycles. The van der Waals surface area contributed by atoms with Crippen molar-refractivity contribution < 1.29 is 5.11 Å². The summed E-state index contributed by atoms with van der Waals surface area (Å²) < 4.78 is 2.22. The highest BCUT2D eigenvalue weighted by atomic mass is 32.2. The Morgan fingerprint density at radius 3 is 2.64 bits per heavy atom. The normalized spacial score (nSPS) is 22.9. The van der Waals surface area contributed by atoms with Crippen LogP contribution in [0.25, 0.3) is 0 Å². The number of hydrogen-bond donors (Lipinski definition) is 1. The minimum absolute atomic E-state index is 0.132. The van der Waals surface area contributed by atoms with Gasteiger partial charge in [0.2, 0.25) is 0 Å². The number of hydrogen-bond acceptors (Lipinski definition) is 3. The molecule has 0 bridgehead atoms. The Morgan fingerprint density at radius 2 is 2.07 bits per heavy atom. The Kier molecular flexibility index (Phi) is 3.11. The summed E-state index contributed by atoms with van der Waals surface area (Å²) in [7, 11) is 0. The Balaban J connectivity index is 1.94. The lowest BCUT2D eigenvalue weighted by Gasteiger charge is -2.13. The van der Waals surface area contributed by atoms with Crippen LogP contribution in [0.3, 0.4) is 0 Å². The molecule has 1 fully saturated rings. The fourth-order valence-electron chi connectivity index (χ4n) is 1.54. The number of aryl methyl sites for hydroxylation is 1. The van der Waals surface area contributed by atoms with Crippen molar-refractivity contribution >= 4 is 11.9 Å². The van der Waals surface area contributed by atoms with Gasteiger partial charge in [0.1, 0.15) is 0 Å². The third-order valence-electron chi connectivity index (χ3n) is 2.38. The Labute approximate surface area is 89.1 Å². The molecule has 0 saturated carbocycles. The topological polar surface area (TPSA) is 23.5 Å². The van der Waals surface area contributed by atoms with Crippen LogP contribution in [-0.4, -0.2) is 28.6 Å². The van der Waals surface area contributed by atoms with Gasteiger partial charge in [-0.2, -0.15) is 0 Å². The number of rotatable bonds is 2. The predicted molar refractivity (Wildman–Crippen MR) is 59.2 cm³/mol. The zero-order valence-electron chi connectivity index (χ0n) is 8.31. The van der Waals surface area contributed by atoms with Crippen LogP contribution in [-0.2, 0) is 0 Å². The van der Waals surface area contributed by atoms with Crippen LogP contribution in [0.1, 0.15) is 12.0 Å². The van der Waals surface area contributed by atoms with Crippen LogP contribution in [0.4, 0.5) is 0 Å². The van der Waals surface area contributed by atoms with E-state index in [0.717, 1.165) is 19.5 Å². The van der Waals surface area contributed by atoms with Gasteiger partial charge >= 0.3 is 0 Å². The zero-order valence-corrected chi connectivity index (χ0v) is 9.13. The second kappa shape index (κ2) is 4.34. The van der Waals surface area contributed by atoms with Crippen molar-refractivity contribution in [3.05, 3.63) is 29.8 Å². The first-order valence-corrected chi connectivity index (χ1v) is 5.69. The molecule has 2 nitrogen and oxygen atoms in total. The van der Waals surface area contributed by atoms with Crippen molar-refractivity contribution in [1.82, 2.24) is 4.31 Å². The van der Waals surface area contributed by atoms with E-state index in [0.29, 0.717) is 0 Å². The van der Waals surface area contributed by atoms with Gasteiger partial charge in [0.25, 0.3) is 0 Å². The van der Waals surface area contributed by atoms with Gasteiger partial charge in [0.15, 0.2) is 0 Å². The molecule has 0 spiro atoms. The molecule has 1 aromatic carbocycles. The van der Waals surface area contributed by atoms with E-state index in [2.05, 4.69) is 35.5 Å². The van der Waals surface area contributed by atoms with Crippen molar-refractivity contribution in [1.29, 1.82) is 0 Å². The maximum atomic E-state index is 9.37. The fraction of sp³-hybridized carbons (Fsp3) is 0.455. The van der Waals surface area contributed by atoms with Crippen LogP contribution in [0, 0.1) is 6.92 Å². The first kappa shape index (κ1) is 10.0. The molecule has 0 radical (unpaired) electrons. The summed E-state index contributed by atoms with van der Waals surface area (Å²) in [5.74, 6) is 0. The highest BCUT2D eigenvalue weighted by Crippen LogP contribution is 2.26. The molecule has 3 heteroatoms. The molecule has 0 amide bonds. The summed E-state index contributed by atoms with van der Waals surface area (Å²) in [5, 5.41) is 9.37. The van der Waals surface area contributed by atoms with E-state index < -0.39 is 0 Å². The van der Waals surface area contributed by atoms with Crippen LogP contribution < -0.4 is 0 Å². The van der Waals surface area contributed by atoms with Crippen molar-refractivity contribution in [3.63, 3.8) is 0 Å². The van der Waals surface area contributed by atoms with Crippen LogP contribution in [0.5, 0.6) is 0 Å². The standard InChI is InChI=1S/C11H15NOS/c1-9-2-4-11(5-3-9)14-12-7-6-10(13)8-12/h2-5,10,13H,6-8H2,1H3/t10-/m0/s1. The lowest BCUT2D eigenvalue weighted by molar-refractivity contribution is 0.190. The van der Waals surface area contributed by atoms with Crippen molar-refractivity contribution in [2.75, 3.05) is 13.1 Å². The molecule has 0 aliphatic carbocycles. The minimum Gasteiger partial charge on any atom is -0.392 e. The van der Waals surface area contributed by atoms with Gasteiger partial charge in [0.05, 0.1) is 6.10 Å². The average molecular weight is 209 g/mol. The minimum atomic E-state index is -0.132. The van der Waals surface area contributed by atoms with Gasteiger partial charge in [-0.3, -0.25) is 0 Å². The Bertz CT molecular complexity index is 299. The van der Waals surface area contributed by atoms with E-state index in [1.807, 2.05) is 0 Å². The average Bonchev–Trinajstić information content (AvgIpc) is 2.56. The molecule has 1 heterocycles. The summed E-state index contributed by atoms with van der Waals surface area (Å²) in [5.41, 5.74) is 1.29. The number of β-amino-alcohol motifs (C(OH)–C–C–N with tert-alkyl or cyclic N) is 1. The molecule has 14 heavy (non-hydrogen) atoms. The number of benzene rings is 1. The maximum absolute atomic E-state index is 9.37. The highest BCUT2D eigenvalue weighted by Gasteiger charge is 2.20. The summed E-state index contributed by atoms with van der Waals surface area (Å²) >= 11 is 1.74. The molecule has 1 saturated heterocycles. The second-order valence-electron chi connectivity index (χ2n) is 3.73. The Hall–Kier alpha value is -0.510. The largest absolute Gasteiger partial charge is 0.392 e. The summed E-state index contributed by atoms with van der Waals surface area (Å²) in [4.78, 5) is 1.25. The molecule has 1 aromatic rings. The van der Waals surface area contributed by atoms with Crippen LogP contribution in [0.15, 0.2) is 29.2 Å². The number of nitrogens with zero attached hydrogens (tertiary/aromatic N) is 1. The molecule has 76 valence electrons. The molecule has 2 rings (SSSR count). The van der Waals surface area contributed by atoms with Crippen LogP contribution in [0.2, 0.25) is 0 Å². The molecular weight excluding hydrogens is 194 g/mol. The van der Waals surface area contributed by atoms with Gasteiger partial charge in [-0.25, -0.2) is 4.31 Å². The SMILES string of the molecule is Cc1ccc(SN2CC[C@H](O)C2)cc1. The van der Waals surface area contributed by atoms with Crippen molar-refractivity contribution in [3.8, 4) is 0 Å². The van der Waals surface area contributed by atoms with Crippen molar-refractivity contribution in [2.45, 2.75) is 24.3 Å². The number of aliphatic hydroxyl groups is 1. The fourth-order valence-corrected chi connectivity index (χ4v) is 2.54. The molecular formula is C11H15NOS. The predicted octanol–water partition coefficient (Wildman–Crippen LogP) is 2.07. The smallest absolute Gasteiger partial charge is 0.0689 e. The summed E-state index contributed by atoms with van der Waals surface area (Å²) in [6.45, 7) is 3.87. The third kappa shape index (κ3) is 2.50. The van der Waals surface area contributed by atoms with Gasteiger partial charge in [-0.05, 0) is 37.4 Å². The molecule has 1 atom stereocenters. The van der Waals surface area contributed by atoms with Gasteiger partial charge < -0.3 is 5.11 Å².